The van der Waals surface area contributed by atoms with Gasteiger partial charge in [-0.25, -0.2) is 0 Å². The highest BCUT2D eigenvalue weighted by atomic mass is 16.5. The Bertz CT molecular complexity index is 916. The number of rotatable bonds is 10. The summed E-state index contributed by atoms with van der Waals surface area (Å²) in [6.45, 7) is 0.960. The van der Waals surface area contributed by atoms with Crippen LogP contribution in [0.4, 0.5) is 11.4 Å². The van der Waals surface area contributed by atoms with Crippen LogP contribution in [0.2, 0.25) is 0 Å². The van der Waals surface area contributed by atoms with Gasteiger partial charge in [-0.15, -0.1) is 0 Å². The van der Waals surface area contributed by atoms with Gasteiger partial charge in [-0.2, -0.15) is 0 Å². The number of carbonyl (C=O) groups excluding carboxylic acids is 1. The van der Waals surface area contributed by atoms with Gasteiger partial charge in [0, 0.05) is 11.8 Å². The molecule has 2 N–H and O–H groups in total. The monoisotopic (exact) mass is 392 g/mol. The van der Waals surface area contributed by atoms with Gasteiger partial charge in [-0.05, 0) is 36.4 Å². The number of hydrogen-bond donors (Lipinski definition) is 2. The highest BCUT2D eigenvalue weighted by Crippen LogP contribution is 2.23. The van der Waals surface area contributed by atoms with Crippen molar-refractivity contribution in [3.8, 4) is 17.2 Å². The SMILES string of the molecule is COc1ccccc1NCC(=O)Nc1cccc(OCCOc2ccccc2)c1. The molecule has 0 heterocycles. The average molecular weight is 392 g/mol. The quantitative estimate of drug-likeness (QED) is 0.506. The van der Waals surface area contributed by atoms with E-state index < -0.39 is 0 Å². The molecule has 0 aliphatic heterocycles. The van der Waals surface area contributed by atoms with E-state index in [2.05, 4.69) is 10.6 Å². The Morgan fingerprint density at radius 1 is 0.828 bits per heavy atom. The van der Waals surface area contributed by atoms with Crippen LogP contribution in [-0.4, -0.2) is 32.8 Å². The Morgan fingerprint density at radius 2 is 1.52 bits per heavy atom. The molecule has 3 rings (SSSR count). The molecule has 0 saturated carbocycles. The van der Waals surface area contributed by atoms with E-state index in [1.807, 2.05) is 72.8 Å². The molecule has 0 aromatic heterocycles. The molecule has 6 nitrogen and oxygen atoms in total. The predicted octanol–water partition coefficient (Wildman–Crippen LogP) is 4.20. The second-order valence-corrected chi connectivity index (χ2v) is 6.14. The van der Waals surface area contributed by atoms with E-state index >= 15 is 0 Å². The van der Waals surface area contributed by atoms with Crippen LogP contribution in [0.5, 0.6) is 17.2 Å². The minimum absolute atomic E-state index is 0.121. The van der Waals surface area contributed by atoms with Crippen LogP contribution in [0.15, 0.2) is 78.9 Å². The summed E-state index contributed by atoms with van der Waals surface area (Å²) in [5, 5.41) is 5.92. The van der Waals surface area contributed by atoms with Crippen LogP contribution < -0.4 is 24.8 Å². The molecule has 0 unspecified atom stereocenters. The lowest BCUT2D eigenvalue weighted by atomic mass is 10.3. The summed E-state index contributed by atoms with van der Waals surface area (Å²) < 4.78 is 16.6. The molecule has 0 fully saturated rings. The van der Waals surface area contributed by atoms with Gasteiger partial charge >= 0.3 is 0 Å². The standard InChI is InChI=1S/C23H24N2O4/c1-27-22-13-6-5-12-21(22)24-17-23(26)25-18-8-7-11-20(16-18)29-15-14-28-19-9-3-2-4-10-19/h2-13,16,24H,14-15,17H2,1H3,(H,25,26). The molecule has 0 atom stereocenters. The maximum Gasteiger partial charge on any atom is 0.243 e. The Kier molecular flexibility index (Phi) is 7.34. The lowest BCUT2D eigenvalue weighted by Gasteiger charge is -2.12. The maximum atomic E-state index is 12.2. The van der Waals surface area contributed by atoms with Crippen LogP contribution in [0.1, 0.15) is 0 Å². The predicted molar refractivity (Wildman–Crippen MR) is 114 cm³/mol. The molecule has 0 radical (unpaired) electrons. The second-order valence-electron chi connectivity index (χ2n) is 6.14. The van der Waals surface area contributed by atoms with Gasteiger partial charge < -0.3 is 24.8 Å². The molecule has 3 aromatic carbocycles. The summed E-state index contributed by atoms with van der Waals surface area (Å²) in [5.74, 6) is 1.99. The molecule has 3 aromatic rings. The summed E-state index contributed by atoms with van der Waals surface area (Å²) in [6.07, 6.45) is 0. The molecular weight excluding hydrogens is 368 g/mol. The van der Waals surface area contributed by atoms with Gasteiger partial charge in [0.15, 0.2) is 0 Å². The minimum atomic E-state index is -0.166. The fourth-order valence-electron chi connectivity index (χ4n) is 2.67. The minimum Gasteiger partial charge on any atom is -0.495 e. The normalized spacial score (nSPS) is 10.1. The molecule has 0 bridgehead atoms. The Morgan fingerprint density at radius 3 is 2.31 bits per heavy atom. The fourth-order valence-corrected chi connectivity index (χ4v) is 2.67. The van der Waals surface area contributed by atoms with Gasteiger partial charge in [0.2, 0.25) is 5.91 Å². The van der Waals surface area contributed by atoms with Crippen LogP contribution in [-0.2, 0) is 4.79 Å². The number of ether oxygens (including phenoxy) is 3. The van der Waals surface area contributed by atoms with Gasteiger partial charge in [0.1, 0.15) is 30.5 Å². The fraction of sp³-hybridized carbons (Fsp3) is 0.174. The van der Waals surface area contributed by atoms with E-state index in [0.29, 0.717) is 30.4 Å². The molecule has 150 valence electrons. The van der Waals surface area contributed by atoms with Gasteiger partial charge in [-0.3, -0.25) is 4.79 Å². The number of benzene rings is 3. The summed E-state index contributed by atoms with van der Waals surface area (Å²) in [4.78, 5) is 12.2. The summed E-state index contributed by atoms with van der Waals surface area (Å²) in [5.41, 5.74) is 1.43. The molecule has 1 amide bonds. The van der Waals surface area contributed by atoms with E-state index in [-0.39, 0.29) is 12.5 Å². The van der Waals surface area contributed by atoms with Crippen molar-refractivity contribution in [3.05, 3.63) is 78.9 Å². The van der Waals surface area contributed by atoms with Crippen LogP contribution in [0, 0.1) is 0 Å². The van der Waals surface area contributed by atoms with Crippen molar-refractivity contribution >= 4 is 17.3 Å². The van der Waals surface area contributed by atoms with Crippen LogP contribution in [0.3, 0.4) is 0 Å². The molecular formula is C23H24N2O4. The van der Waals surface area contributed by atoms with Crippen molar-refractivity contribution in [3.63, 3.8) is 0 Å². The Balaban J connectivity index is 1.44. The van der Waals surface area contributed by atoms with Crippen molar-refractivity contribution in [2.75, 3.05) is 37.5 Å². The molecule has 0 spiro atoms. The van der Waals surface area contributed by atoms with E-state index in [1.54, 1.807) is 13.2 Å². The third-order valence-corrected chi connectivity index (χ3v) is 4.03. The zero-order chi connectivity index (χ0) is 20.3. The molecule has 0 saturated heterocycles. The summed E-state index contributed by atoms with van der Waals surface area (Å²) in [7, 11) is 1.59. The molecule has 0 aliphatic carbocycles. The van der Waals surface area contributed by atoms with E-state index in [0.717, 1.165) is 11.4 Å². The number of anilines is 2. The van der Waals surface area contributed by atoms with Crippen molar-refractivity contribution in [2.24, 2.45) is 0 Å². The largest absolute Gasteiger partial charge is 0.495 e. The van der Waals surface area contributed by atoms with Crippen LogP contribution >= 0.6 is 0 Å². The molecule has 6 heteroatoms. The third kappa shape index (κ3) is 6.46. The number of para-hydroxylation sites is 3. The molecule has 0 aliphatic rings. The average Bonchev–Trinajstić information content (AvgIpc) is 2.76. The highest BCUT2D eigenvalue weighted by Gasteiger charge is 2.06. The smallest absolute Gasteiger partial charge is 0.243 e. The van der Waals surface area contributed by atoms with Gasteiger partial charge in [0.05, 0.1) is 19.3 Å². The first kappa shape index (κ1) is 20.1. The van der Waals surface area contributed by atoms with Crippen molar-refractivity contribution < 1.29 is 19.0 Å². The number of carbonyl (C=O) groups is 1. The van der Waals surface area contributed by atoms with E-state index in [4.69, 9.17) is 14.2 Å². The van der Waals surface area contributed by atoms with Crippen molar-refractivity contribution in [1.82, 2.24) is 0 Å². The first-order valence-electron chi connectivity index (χ1n) is 9.32. The topological polar surface area (TPSA) is 68.8 Å². The summed E-state index contributed by atoms with van der Waals surface area (Å²) >= 11 is 0. The van der Waals surface area contributed by atoms with Crippen molar-refractivity contribution in [2.45, 2.75) is 0 Å². The van der Waals surface area contributed by atoms with Crippen molar-refractivity contribution in [1.29, 1.82) is 0 Å². The first-order chi connectivity index (χ1) is 14.2. The number of hydrogen-bond acceptors (Lipinski definition) is 5. The first-order valence-corrected chi connectivity index (χ1v) is 9.32. The van der Waals surface area contributed by atoms with Gasteiger partial charge in [0.25, 0.3) is 0 Å². The zero-order valence-corrected chi connectivity index (χ0v) is 16.3. The van der Waals surface area contributed by atoms with E-state index in [1.165, 1.54) is 0 Å². The summed E-state index contributed by atoms with van der Waals surface area (Å²) in [6, 6.07) is 24.3. The maximum absolute atomic E-state index is 12.2. The Labute approximate surface area is 170 Å². The number of methoxy groups -OCH3 is 1. The lowest BCUT2D eigenvalue weighted by Crippen LogP contribution is -2.22. The van der Waals surface area contributed by atoms with Gasteiger partial charge in [-0.1, -0.05) is 36.4 Å². The van der Waals surface area contributed by atoms with E-state index in [9.17, 15) is 4.79 Å². The number of nitrogens with one attached hydrogen (secondary N) is 2. The lowest BCUT2D eigenvalue weighted by molar-refractivity contribution is -0.114. The zero-order valence-electron chi connectivity index (χ0n) is 16.3. The number of amides is 1. The third-order valence-electron chi connectivity index (χ3n) is 4.03. The second kappa shape index (κ2) is 10.6. The highest BCUT2D eigenvalue weighted by molar-refractivity contribution is 5.94. The molecule has 29 heavy (non-hydrogen) atoms. The Hall–Kier alpha value is -3.67. The van der Waals surface area contributed by atoms with Crippen LogP contribution in [0.25, 0.3) is 0 Å².